The molecule has 2 atom stereocenters. The van der Waals surface area contributed by atoms with Gasteiger partial charge in [-0.05, 0) is 29.8 Å². The van der Waals surface area contributed by atoms with Gasteiger partial charge < -0.3 is 23.7 Å². The van der Waals surface area contributed by atoms with Crippen LogP contribution in [0.4, 0.5) is 0 Å². The summed E-state index contributed by atoms with van der Waals surface area (Å²) in [7, 11) is 3.06. The highest BCUT2D eigenvalue weighted by atomic mass is 79.9. The lowest BCUT2D eigenvalue weighted by Gasteiger charge is -2.20. The van der Waals surface area contributed by atoms with Gasteiger partial charge in [-0.25, -0.2) is 0 Å². The zero-order chi connectivity index (χ0) is 21.1. The number of halogens is 1. The minimum atomic E-state index is -0.451. The van der Waals surface area contributed by atoms with Crippen LogP contribution < -0.4 is 18.9 Å². The first-order valence-electron chi connectivity index (χ1n) is 8.87. The largest absolute Gasteiger partial charge is 0.493 e. The molecule has 0 unspecified atom stereocenters. The Bertz CT molecular complexity index is 941. The highest BCUT2D eigenvalue weighted by Crippen LogP contribution is 2.52. The second-order valence-electron chi connectivity index (χ2n) is 6.48. The number of esters is 2. The number of methoxy groups -OCH3 is 2. The maximum absolute atomic E-state index is 11.4. The van der Waals surface area contributed by atoms with E-state index in [0.717, 1.165) is 15.6 Å². The first-order valence-corrected chi connectivity index (χ1v) is 9.67. The van der Waals surface area contributed by atoms with Gasteiger partial charge in [0.2, 0.25) is 0 Å². The van der Waals surface area contributed by atoms with Crippen LogP contribution in [-0.4, -0.2) is 32.8 Å². The molecule has 3 rings (SSSR count). The lowest BCUT2D eigenvalue weighted by Crippen LogP contribution is -2.17. The normalized spacial score (nSPS) is 17.1. The van der Waals surface area contributed by atoms with Crippen LogP contribution in [0.25, 0.3) is 0 Å². The number of fused-ring (bicyclic) bond motifs is 1. The summed E-state index contributed by atoms with van der Waals surface area (Å²) in [6, 6.07) is 8.93. The van der Waals surface area contributed by atoms with Gasteiger partial charge in [-0.1, -0.05) is 22.0 Å². The molecule has 7 nitrogen and oxygen atoms in total. The highest BCUT2D eigenvalue weighted by Gasteiger charge is 2.39. The van der Waals surface area contributed by atoms with Crippen molar-refractivity contribution in [3.05, 3.63) is 45.9 Å². The molecule has 0 fully saturated rings. The summed E-state index contributed by atoms with van der Waals surface area (Å²) in [5.74, 6) is 0.816. The number of hydrogen-bond donors (Lipinski definition) is 0. The van der Waals surface area contributed by atoms with Crippen LogP contribution >= 0.6 is 15.9 Å². The molecule has 8 heteroatoms. The Labute approximate surface area is 177 Å². The average molecular weight is 465 g/mol. The summed E-state index contributed by atoms with van der Waals surface area (Å²) in [5, 5.41) is 0. The van der Waals surface area contributed by atoms with E-state index in [1.165, 1.54) is 21.0 Å². The van der Waals surface area contributed by atoms with E-state index < -0.39 is 12.1 Å². The molecule has 0 N–H and O–H groups in total. The summed E-state index contributed by atoms with van der Waals surface area (Å²) in [6.45, 7) is 2.83. The molecule has 0 aliphatic carbocycles. The maximum Gasteiger partial charge on any atom is 0.308 e. The Kier molecular flexibility index (Phi) is 6.32. The summed E-state index contributed by atoms with van der Waals surface area (Å²) < 4.78 is 28.4. The Morgan fingerprint density at radius 1 is 1.00 bits per heavy atom. The number of benzene rings is 2. The Morgan fingerprint density at radius 2 is 1.72 bits per heavy atom. The van der Waals surface area contributed by atoms with Crippen LogP contribution in [0.5, 0.6) is 23.0 Å². The first-order chi connectivity index (χ1) is 13.8. The molecule has 1 heterocycles. The van der Waals surface area contributed by atoms with Crippen molar-refractivity contribution >= 4 is 27.9 Å². The molecule has 0 saturated carbocycles. The van der Waals surface area contributed by atoms with Gasteiger partial charge in [-0.15, -0.1) is 0 Å². The van der Waals surface area contributed by atoms with E-state index in [9.17, 15) is 9.59 Å². The Morgan fingerprint density at radius 3 is 2.34 bits per heavy atom. The number of carbonyl (C=O) groups is 2. The van der Waals surface area contributed by atoms with Crippen molar-refractivity contribution < 1.29 is 33.3 Å². The lowest BCUT2D eigenvalue weighted by atomic mass is 9.91. The summed E-state index contributed by atoms with van der Waals surface area (Å²) in [4.78, 5) is 22.7. The monoisotopic (exact) mass is 464 g/mol. The van der Waals surface area contributed by atoms with Gasteiger partial charge in [0.05, 0.1) is 20.1 Å². The quantitative estimate of drug-likeness (QED) is 0.468. The van der Waals surface area contributed by atoms with Gasteiger partial charge >= 0.3 is 11.9 Å². The molecule has 0 radical (unpaired) electrons. The Balaban J connectivity index is 2.03. The maximum atomic E-state index is 11.4. The van der Waals surface area contributed by atoms with Gasteiger partial charge in [0.15, 0.2) is 23.0 Å². The zero-order valence-electron chi connectivity index (χ0n) is 16.5. The van der Waals surface area contributed by atoms with Gasteiger partial charge in [0.1, 0.15) is 12.7 Å². The molecule has 1 aliphatic heterocycles. The summed E-state index contributed by atoms with van der Waals surface area (Å²) >= 11 is 3.48. The minimum absolute atomic E-state index is 0.140. The first kappa shape index (κ1) is 21.0. The highest BCUT2D eigenvalue weighted by molar-refractivity contribution is 9.10. The van der Waals surface area contributed by atoms with Crippen LogP contribution in [0, 0.1) is 0 Å². The van der Waals surface area contributed by atoms with Crippen molar-refractivity contribution in [2.75, 3.05) is 20.8 Å². The molecule has 0 aromatic heterocycles. The molecule has 2 aromatic carbocycles. The topological polar surface area (TPSA) is 80.3 Å². The van der Waals surface area contributed by atoms with Gasteiger partial charge in [-0.3, -0.25) is 9.59 Å². The van der Waals surface area contributed by atoms with E-state index in [0.29, 0.717) is 23.0 Å². The fourth-order valence-electron chi connectivity index (χ4n) is 3.30. The summed E-state index contributed by atoms with van der Waals surface area (Å²) in [5.41, 5.74) is 1.65. The predicted molar refractivity (Wildman–Crippen MR) is 108 cm³/mol. The van der Waals surface area contributed by atoms with E-state index in [1.54, 1.807) is 25.3 Å². The van der Waals surface area contributed by atoms with E-state index in [1.807, 2.05) is 12.1 Å². The molecule has 0 amide bonds. The number of hydrogen-bond acceptors (Lipinski definition) is 7. The third kappa shape index (κ3) is 4.48. The molecule has 0 spiro atoms. The molecule has 2 aromatic rings. The van der Waals surface area contributed by atoms with Crippen molar-refractivity contribution in [2.45, 2.75) is 25.9 Å². The minimum Gasteiger partial charge on any atom is -0.493 e. The van der Waals surface area contributed by atoms with Crippen LogP contribution in [0.15, 0.2) is 34.8 Å². The SMILES string of the molecule is COc1cc([C@@H]2Oc3c(OC)cc(Br)cc3[C@H]2COC(C)=O)ccc1OC(C)=O. The number of carbonyl (C=O) groups excluding carboxylic acids is 2. The van der Waals surface area contributed by atoms with Crippen LogP contribution in [0.1, 0.15) is 37.0 Å². The van der Waals surface area contributed by atoms with Gasteiger partial charge in [-0.2, -0.15) is 0 Å². The van der Waals surface area contributed by atoms with E-state index in [4.69, 9.17) is 23.7 Å². The van der Waals surface area contributed by atoms with Crippen LogP contribution in [0.2, 0.25) is 0 Å². The summed E-state index contributed by atoms with van der Waals surface area (Å²) in [6.07, 6.45) is -0.451. The van der Waals surface area contributed by atoms with Crippen molar-refractivity contribution in [3.63, 3.8) is 0 Å². The number of rotatable bonds is 6. The van der Waals surface area contributed by atoms with E-state index in [2.05, 4.69) is 15.9 Å². The van der Waals surface area contributed by atoms with Gasteiger partial charge in [0.25, 0.3) is 0 Å². The van der Waals surface area contributed by atoms with Gasteiger partial charge in [0, 0.05) is 23.9 Å². The molecular formula is C21H21BrO7. The molecular weight excluding hydrogens is 444 g/mol. The predicted octanol–water partition coefficient (Wildman–Crippen LogP) is 4.17. The fourth-order valence-corrected chi connectivity index (χ4v) is 3.75. The van der Waals surface area contributed by atoms with Crippen molar-refractivity contribution in [2.24, 2.45) is 0 Å². The second kappa shape index (κ2) is 8.73. The lowest BCUT2D eigenvalue weighted by molar-refractivity contribution is -0.142. The third-order valence-electron chi connectivity index (χ3n) is 4.51. The second-order valence-corrected chi connectivity index (χ2v) is 7.39. The molecule has 1 aliphatic rings. The third-order valence-corrected chi connectivity index (χ3v) is 4.97. The van der Waals surface area contributed by atoms with Crippen LogP contribution in [-0.2, 0) is 14.3 Å². The molecule has 154 valence electrons. The van der Waals surface area contributed by atoms with E-state index >= 15 is 0 Å². The standard InChI is InChI=1S/C21H21BrO7/c1-11(23)27-10-16-15-8-14(22)9-19(26-4)21(15)29-20(16)13-5-6-17(28-12(2)24)18(7-13)25-3/h5-9,16,20H,10H2,1-4H3/t16-,20+/m1/s1. The number of ether oxygens (including phenoxy) is 5. The van der Waals surface area contributed by atoms with Crippen molar-refractivity contribution in [1.82, 2.24) is 0 Å². The van der Waals surface area contributed by atoms with E-state index in [-0.39, 0.29) is 18.5 Å². The smallest absolute Gasteiger partial charge is 0.308 e. The Hall–Kier alpha value is -2.74. The molecule has 0 saturated heterocycles. The average Bonchev–Trinajstić information content (AvgIpc) is 3.03. The zero-order valence-corrected chi connectivity index (χ0v) is 18.1. The molecule has 29 heavy (non-hydrogen) atoms. The van der Waals surface area contributed by atoms with Crippen molar-refractivity contribution in [1.29, 1.82) is 0 Å². The van der Waals surface area contributed by atoms with Crippen molar-refractivity contribution in [3.8, 4) is 23.0 Å². The fraction of sp³-hybridized carbons (Fsp3) is 0.333. The molecule has 0 bridgehead atoms. The van der Waals surface area contributed by atoms with Crippen LogP contribution in [0.3, 0.4) is 0 Å².